The number of furan rings is 1. The molecule has 1 aromatic heterocycles. The van der Waals surface area contributed by atoms with Crippen molar-refractivity contribution in [3.8, 4) is 0 Å². The fraction of sp³-hybridized carbons (Fsp3) is 0.312. The largest absolute Gasteiger partial charge is 0.464 e. The van der Waals surface area contributed by atoms with Crippen LogP contribution < -0.4 is 0 Å². The Morgan fingerprint density at radius 2 is 1.92 bits per heavy atom. The number of benzene rings is 1. The Balaban J connectivity index is 2.23. The van der Waals surface area contributed by atoms with Crippen molar-refractivity contribution in [3.05, 3.63) is 53.5 Å². The number of hydrogen-bond acceptors (Lipinski definition) is 5. The Bertz CT molecular complexity index is 828. The Hall–Kier alpha value is -2.16. The van der Waals surface area contributed by atoms with Crippen LogP contribution in [-0.4, -0.2) is 44.9 Å². The van der Waals surface area contributed by atoms with Gasteiger partial charge in [0.25, 0.3) is 15.9 Å². The lowest BCUT2D eigenvalue weighted by Gasteiger charge is -2.17. The molecule has 0 saturated heterocycles. The average Bonchev–Trinajstić information content (AvgIpc) is 2.98. The van der Waals surface area contributed by atoms with Crippen LogP contribution in [0.15, 0.2) is 45.7 Å². The number of aryl methyl sites for hydroxylation is 1. The lowest BCUT2D eigenvalue weighted by Crippen LogP contribution is -2.28. The fourth-order valence-corrected chi connectivity index (χ4v) is 3.15. The fourth-order valence-electron chi connectivity index (χ4n) is 2.13. The molecule has 0 aliphatic carbocycles. The van der Waals surface area contributed by atoms with Gasteiger partial charge in [-0.1, -0.05) is 10.5 Å². The van der Waals surface area contributed by atoms with Crippen molar-refractivity contribution in [1.29, 1.82) is 0 Å². The van der Waals surface area contributed by atoms with Gasteiger partial charge in [-0.25, -0.2) is 8.42 Å². The number of carbonyl (C=O) groups excluding carboxylic acids is 1. The van der Waals surface area contributed by atoms with E-state index in [1.807, 2.05) is 13.0 Å². The molecule has 0 saturated carbocycles. The maximum Gasteiger partial charge on any atom is 0.264 e. The first-order valence-corrected chi connectivity index (χ1v) is 8.63. The first kappa shape index (κ1) is 18.2. The predicted molar refractivity (Wildman–Crippen MR) is 87.6 cm³/mol. The number of hydroxylamine groups is 1. The summed E-state index contributed by atoms with van der Waals surface area (Å²) in [4.78, 5) is 18.7. The average molecular weight is 352 g/mol. The molecule has 0 fully saturated rings. The highest BCUT2D eigenvalue weighted by molar-refractivity contribution is 7.89. The molecule has 0 aliphatic rings. The number of nitrogens with zero attached hydrogens (tertiary/aromatic N) is 2. The maximum atomic E-state index is 12.5. The van der Waals surface area contributed by atoms with E-state index in [0.29, 0.717) is 12.3 Å². The van der Waals surface area contributed by atoms with Crippen LogP contribution in [0, 0.1) is 6.92 Å². The lowest BCUT2D eigenvalue weighted by molar-refractivity contribution is -0.0258. The molecule has 0 aliphatic heterocycles. The summed E-state index contributed by atoms with van der Waals surface area (Å²) in [5, 5.41) is 0. The van der Waals surface area contributed by atoms with Crippen LogP contribution in [0.4, 0.5) is 0 Å². The lowest BCUT2D eigenvalue weighted by atomic mass is 10.2. The van der Waals surface area contributed by atoms with Crippen molar-refractivity contribution < 1.29 is 22.5 Å². The van der Waals surface area contributed by atoms with Crippen LogP contribution in [0.25, 0.3) is 0 Å². The SMILES string of the molecule is CON(C)S(=O)(=O)c1cccc(C(=O)N(C)Cc2ccc(C)o2)c1. The smallest absolute Gasteiger partial charge is 0.264 e. The van der Waals surface area contributed by atoms with Gasteiger partial charge in [-0.2, -0.15) is 0 Å². The molecule has 24 heavy (non-hydrogen) atoms. The monoisotopic (exact) mass is 352 g/mol. The highest BCUT2D eigenvalue weighted by Crippen LogP contribution is 2.18. The molecular weight excluding hydrogens is 332 g/mol. The number of amides is 1. The highest BCUT2D eigenvalue weighted by atomic mass is 32.2. The van der Waals surface area contributed by atoms with Gasteiger partial charge in [0, 0.05) is 19.7 Å². The molecule has 0 unspecified atom stereocenters. The Labute approximate surface area is 141 Å². The highest BCUT2D eigenvalue weighted by Gasteiger charge is 2.22. The summed E-state index contributed by atoms with van der Waals surface area (Å²) >= 11 is 0. The second-order valence-corrected chi connectivity index (χ2v) is 7.23. The van der Waals surface area contributed by atoms with Crippen molar-refractivity contribution in [3.63, 3.8) is 0 Å². The summed E-state index contributed by atoms with van der Waals surface area (Å²) in [6.07, 6.45) is 0. The summed E-state index contributed by atoms with van der Waals surface area (Å²) in [5.41, 5.74) is 0.270. The van der Waals surface area contributed by atoms with E-state index >= 15 is 0 Å². The van der Waals surface area contributed by atoms with E-state index in [4.69, 9.17) is 9.25 Å². The van der Waals surface area contributed by atoms with Crippen molar-refractivity contribution in [2.75, 3.05) is 21.2 Å². The summed E-state index contributed by atoms with van der Waals surface area (Å²) in [5.74, 6) is 1.12. The van der Waals surface area contributed by atoms with Crippen LogP contribution in [0.3, 0.4) is 0 Å². The molecule has 1 heterocycles. The minimum Gasteiger partial charge on any atom is -0.464 e. The van der Waals surface area contributed by atoms with E-state index in [1.165, 1.54) is 37.3 Å². The molecule has 0 radical (unpaired) electrons. The summed E-state index contributed by atoms with van der Waals surface area (Å²) in [7, 11) is 0.366. The van der Waals surface area contributed by atoms with E-state index in [9.17, 15) is 13.2 Å². The third-order valence-electron chi connectivity index (χ3n) is 3.51. The molecule has 130 valence electrons. The van der Waals surface area contributed by atoms with Crippen LogP contribution >= 0.6 is 0 Å². The molecule has 1 aromatic carbocycles. The summed E-state index contributed by atoms with van der Waals surface area (Å²) in [6, 6.07) is 9.45. The molecule has 8 heteroatoms. The van der Waals surface area contributed by atoms with Crippen molar-refractivity contribution >= 4 is 15.9 Å². The Morgan fingerprint density at radius 1 is 1.21 bits per heavy atom. The number of sulfonamides is 1. The molecule has 7 nitrogen and oxygen atoms in total. The molecule has 0 spiro atoms. The van der Waals surface area contributed by atoms with E-state index in [1.54, 1.807) is 19.2 Å². The van der Waals surface area contributed by atoms with Gasteiger partial charge >= 0.3 is 0 Å². The van der Waals surface area contributed by atoms with Gasteiger partial charge in [0.15, 0.2) is 0 Å². The van der Waals surface area contributed by atoms with E-state index in [0.717, 1.165) is 10.2 Å². The molecule has 1 amide bonds. The van der Waals surface area contributed by atoms with Crippen LogP contribution in [0.1, 0.15) is 21.9 Å². The minimum absolute atomic E-state index is 0.0139. The van der Waals surface area contributed by atoms with Gasteiger partial charge in [0.1, 0.15) is 11.5 Å². The normalized spacial score (nSPS) is 11.7. The second-order valence-electron chi connectivity index (χ2n) is 5.30. The van der Waals surface area contributed by atoms with Crippen molar-refractivity contribution in [2.24, 2.45) is 0 Å². The standard InChI is InChI=1S/C16H20N2O5S/c1-12-8-9-14(23-12)11-17(2)16(19)13-6-5-7-15(10-13)24(20,21)18(3)22-4/h5-10H,11H2,1-4H3. The number of rotatable bonds is 6. The third kappa shape index (κ3) is 3.84. The zero-order valence-electron chi connectivity index (χ0n) is 14.0. The molecule has 0 N–H and O–H groups in total. The zero-order valence-corrected chi connectivity index (χ0v) is 14.8. The van der Waals surface area contributed by atoms with Gasteiger partial charge < -0.3 is 9.32 Å². The quantitative estimate of drug-likeness (QED) is 0.743. The number of carbonyl (C=O) groups is 1. The van der Waals surface area contributed by atoms with E-state index in [-0.39, 0.29) is 16.4 Å². The van der Waals surface area contributed by atoms with Gasteiger partial charge in [-0.15, -0.1) is 0 Å². The molecule has 2 aromatic rings. The topological polar surface area (TPSA) is 80.1 Å². The van der Waals surface area contributed by atoms with Gasteiger partial charge in [0.2, 0.25) is 0 Å². The van der Waals surface area contributed by atoms with E-state index < -0.39 is 10.0 Å². The minimum atomic E-state index is -3.80. The number of hydrogen-bond donors (Lipinski definition) is 0. The predicted octanol–water partition coefficient (Wildman–Crippen LogP) is 2.04. The molecule has 0 atom stereocenters. The van der Waals surface area contributed by atoms with Crippen molar-refractivity contribution in [2.45, 2.75) is 18.4 Å². The third-order valence-corrected chi connectivity index (χ3v) is 5.19. The molecular formula is C16H20N2O5S. The van der Waals surface area contributed by atoms with Crippen molar-refractivity contribution in [1.82, 2.24) is 9.37 Å². The van der Waals surface area contributed by atoms with Crippen LogP contribution in [0.5, 0.6) is 0 Å². The zero-order chi connectivity index (χ0) is 17.9. The first-order chi connectivity index (χ1) is 11.3. The molecule has 2 rings (SSSR count). The Kier molecular flexibility index (Phi) is 5.43. The Morgan fingerprint density at radius 3 is 2.50 bits per heavy atom. The van der Waals surface area contributed by atoms with Gasteiger partial charge in [-0.3, -0.25) is 9.63 Å². The second kappa shape index (κ2) is 7.16. The van der Waals surface area contributed by atoms with Crippen LogP contribution in [0.2, 0.25) is 0 Å². The maximum absolute atomic E-state index is 12.5. The molecule has 0 bridgehead atoms. The summed E-state index contributed by atoms with van der Waals surface area (Å²) in [6.45, 7) is 2.12. The van der Waals surface area contributed by atoms with Crippen LogP contribution in [-0.2, 0) is 21.4 Å². The summed E-state index contributed by atoms with van der Waals surface area (Å²) < 4.78 is 30.7. The first-order valence-electron chi connectivity index (χ1n) is 7.19. The van der Waals surface area contributed by atoms with E-state index in [2.05, 4.69) is 0 Å². The van der Waals surface area contributed by atoms with Gasteiger partial charge in [-0.05, 0) is 37.3 Å². The van der Waals surface area contributed by atoms with Gasteiger partial charge in [0.05, 0.1) is 18.6 Å².